The second kappa shape index (κ2) is 8.08. The summed E-state index contributed by atoms with van der Waals surface area (Å²) in [6, 6.07) is 2.23. The van der Waals surface area contributed by atoms with Crippen molar-refractivity contribution >= 4 is 5.78 Å². The van der Waals surface area contributed by atoms with Gasteiger partial charge in [-0.15, -0.1) is 0 Å². The van der Waals surface area contributed by atoms with E-state index in [1.54, 1.807) is 7.11 Å². The summed E-state index contributed by atoms with van der Waals surface area (Å²) < 4.78 is 7.43. The molecule has 1 saturated heterocycles. The standard InChI is InChI=1S/C18H30N2O3/c1-13-9-17(15(3)20(13)14(2)12-23-4)18(22)10-19-7-5-16(11-21)6-8-19/h9,14,16,21H,5-8,10-12H2,1-4H3. The van der Waals surface area contributed by atoms with Gasteiger partial charge >= 0.3 is 0 Å². The maximum absolute atomic E-state index is 12.7. The topological polar surface area (TPSA) is 54.7 Å². The van der Waals surface area contributed by atoms with Gasteiger partial charge in [-0.1, -0.05) is 0 Å². The SMILES string of the molecule is COCC(C)n1c(C)cc(C(=O)CN2CCC(CO)CC2)c1C. The number of hydrogen-bond donors (Lipinski definition) is 1. The Hall–Kier alpha value is -1.17. The number of carbonyl (C=O) groups excluding carboxylic acids is 1. The normalized spacial score (nSPS) is 18.3. The first kappa shape index (κ1) is 18.2. The van der Waals surface area contributed by atoms with Crippen molar-refractivity contribution in [3.05, 3.63) is 23.0 Å². The van der Waals surface area contributed by atoms with E-state index in [1.165, 1.54) is 0 Å². The van der Waals surface area contributed by atoms with Gasteiger partial charge in [-0.05, 0) is 58.7 Å². The Morgan fingerprint density at radius 1 is 1.39 bits per heavy atom. The molecule has 0 aliphatic carbocycles. The molecule has 1 aromatic rings. The van der Waals surface area contributed by atoms with Gasteiger partial charge in [0, 0.05) is 30.7 Å². The number of methoxy groups -OCH3 is 1. The van der Waals surface area contributed by atoms with E-state index in [1.807, 2.05) is 19.9 Å². The number of nitrogens with zero attached hydrogens (tertiary/aromatic N) is 2. The molecule has 2 heterocycles. The van der Waals surface area contributed by atoms with Gasteiger partial charge in [-0.3, -0.25) is 9.69 Å². The number of hydrogen-bond acceptors (Lipinski definition) is 4. The lowest BCUT2D eigenvalue weighted by Crippen LogP contribution is -2.38. The highest BCUT2D eigenvalue weighted by molar-refractivity contribution is 5.99. The molecule has 1 atom stereocenters. The van der Waals surface area contributed by atoms with Gasteiger partial charge in [0.1, 0.15) is 0 Å². The first-order valence-corrected chi connectivity index (χ1v) is 8.51. The number of rotatable bonds is 7. The summed E-state index contributed by atoms with van der Waals surface area (Å²) in [5, 5.41) is 9.20. The number of aromatic nitrogens is 1. The van der Waals surface area contributed by atoms with Gasteiger partial charge in [-0.25, -0.2) is 0 Å². The molecule has 1 fully saturated rings. The summed E-state index contributed by atoms with van der Waals surface area (Å²) in [6.07, 6.45) is 1.96. The third-order valence-electron chi connectivity index (χ3n) is 4.97. The predicted octanol–water partition coefficient (Wildman–Crippen LogP) is 2.20. The monoisotopic (exact) mass is 322 g/mol. The van der Waals surface area contributed by atoms with E-state index < -0.39 is 0 Å². The highest BCUT2D eigenvalue weighted by atomic mass is 16.5. The molecule has 1 aliphatic heterocycles. The molecule has 5 nitrogen and oxygen atoms in total. The number of likely N-dealkylation sites (tertiary alicyclic amines) is 1. The molecule has 1 aliphatic rings. The van der Waals surface area contributed by atoms with Gasteiger partial charge in [0.05, 0.1) is 19.2 Å². The molecule has 0 bridgehead atoms. The number of aliphatic hydroxyl groups excluding tert-OH is 1. The van der Waals surface area contributed by atoms with Crippen molar-refractivity contribution in [1.82, 2.24) is 9.47 Å². The number of carbonyl (C=O) groups is 1. The molecule has 0 radical (unpaired) electrons. The minimum Gasteiger partial charge on any atom is -0.396 e. The zero-order valence-corrected chi connectivity index (χ0v) is 14.8. The van der Waals surface area contributed by atoms with E-state index in [0.29, 0.717) is 19.1 Å². The summed E-state index contributed by atoms with van der Waals surface area (Å²) in [7, 11) is 1.70. The molecule has 2 rings (SSSR count). The lowest BCUT2D eigenvalue weighted by atomic mass is 9.97. The van der Waals surface area contributed by atoms with E-state index in [2.05, 4.69) is 16.4 Å². The molecule has 0 spiro atoms. The number of Topliss-reactive ketones (excluding diaryl/α,β-unsaturated/α-hetero) is 1. The Morgan fingerprint density at radius 3 is 2.61 bits per heavy atom. The summed E-state index contributed by atoms with van der Waals surface area (Å²) in [5.74, 6) is 0.595. The van der Waals surface area contributed by atoms with Gasteiger partial charge < -0.3 is 14.4 Å². The van der Waals surface area contributed by atoms with Crippen molar-refractivity contribution in [2.45, 2.75) is 39.7 Å². The molecule has 1 aromatic heterocycles. The Labute approximate surface area is 139 Å². The van der Waals surface area contributed by atoms with Gasteiger partial charge in [0.2, 0.25) is 0 Å². The van der Waals surface area contributed by atoms with Crippen LogP contribution in [-0.2, 0) is 4.74 Å². The van der Waals surface area contributed by atoms with Crippen molar-refractivity contribution in [3.63, 3.8) is 0 Å². The maximum atomic E-state index is 12.7. The number of piperidine rings is 1. The zero-order chi connectivity index (χ0) is 17.0. The fourth-order valence-electron chi connectivity index (χ4n) is 3.67. The minimum atomic E-state index is 0.191. The number of ketones is 1. The van der Waals surface area contributed by atoms with Gasteiger partial charge in [0.25, 0.3) is 0 Å². The smallest absolute Gasteiger partial charge is 0.178 e. The summed E-state index contributed by atoms with van der Waals surface area (Å²) in [4.78, 5) is 14.9. The molecule has 5 heteroatoms. The summed E-state index contributed by atoms with van der Waals surface area (Å²) >= 11 is 0. The van der Waals surface area contributed by atoms with Crippen LogP contribution >= 0.6 is 0 Å². The lowest BCUT2D eigenvalue weighted by molar-refractivity contribution is 0.0863. The van der Waals surface area contributed by atoms with Crippen LogP contribution in [0.15, 0.2) is 6.07 Å². The molecule has 130 valence electrons. The van der Waals surface area contributed by atoms with E-state index >= 15 is 0 Å². The minimum absolute atomic E-state index is 0.191. The van der Waals surface area contributed by atoms with E-state index in [9.17, 15) is 9.90 Å². The van der Waals surface area contributed by atoms with Gasteiger partial charge in [-0.2, -0.15) is 0 Å². The molecule has 1 N–H and O–H groups in total. The second-order valence-electron chi connectivity index (χ2n) is 6.78. The lowest BCUT2D eigenvalue weighted by Gasteiger charge is -2.30. The average molecular weight is 322 g/mol. The Morgan fingerprint density at radius 2 is 2.04 bits per heavy atom. The highest BCUT2D eigenvalue weighted by Crippen LogP contribution is 2.22. The summed E-state index contributed by atoms with van der Waals surface area (Å²) in [6.45, 7) is 9.34. The third kappa shape index (κ3) is 4.22. The molecule has 0 saturated carbocycles. The van der Waals surface area contributed by atoms with Crippen molar-refractivity contribution in [1.29, 1.82) is 0 Å². The number of ether oxygens (including phenoxy) is 1. The Kier molecular flexibility index (Phi) is 6.39. The average Bonchev–Trinajstić information content (AvgIpc) is 2.83. The molecule has 1 unspecified atom stereocenters. The van der Waals surface area contributed by atoms with Crippen molar-refractivity contribution in [2.24, 2.45) is 5.92 Å². The van der Waals surface area contributed by atoms with Crippen LogP contribution in [0.25, 0.3) is 0 Å². The maximum Gasteiger partial charge on any atom is 0.178 e. The van der Waals surface area contributed by atoms with Crippen LogP contribution in [0.1, 0.15) is 47.6 Å². The van der Waals surface area contributed by atoms with Crippen LogP contribution < -0.4 is 0 Å². The fourth-order valence-corrected chi connectivity index (χ4v) is 3.67. The number of aryl methyl sites for hydroxylation is 1. The van der Waals surface area contributed by atoms with Crippen molar-refractivity contribution in [3.8, 4) is 0 Å². The summed E-state index contributed by atoms with van der Waals surface area (Å²) in [5.41, 5.74) is 2.96. The first-order valence-electron chi connectivity index (χ1n) is 8.51. The number of aliphatic hydroxyl groups is 1. The van der Waals surface area contributed by atoms with Crippen LogP contribution in [0.5, 0.6) is 0 Å². The van der Waals surface area contributed by atoms with Crippen LogP contribution in [0.2, 0.25) is 0 Å². The largest absolute Gasteiger partial charge is 0.396 e. The Bertz CT molecular complexity index is 531. The fraction of sp³-hybridized carbons (Fsp3) is 0.722. The van der Waals surface area contributed by atoms with E-state index in [-0.39, 0.29) is 18.4 Å². The molecular weight excluding hydrogens is 292 g/mol. The second-order valence-corrected chi connectivity index (χ2v) is 6.78. The van der Waals surface area contributed by atoms with Crippen LogP contribution in [0.3, 0.4) is 0 Å². The van der Waals surface area contributed by atoms with Crippen LogP contribution in [-0.4, -0.2) is 60.3 Å². The van der Waals surface area contributed by atoms with E-state index in [0.717, 1.165) is 42.9 Å². The predicted molar refractivity (Wildman–Crippen MR) is 91.1 cm³/mol. The molecular formula is C18H30N2O3. The van der Waals surface area contributed by atoms with Crippen LogP contribution in [0, 0.1) is 19.8 Å². The first-order chi connectivity index (χ1) is 11.0. The van der Waals surface area contributed by atoms with Crippen molar-refractivity contribution in [2.75, 3.05) is 40.0 Å². The molecule has 23 heavy (non-hydrogen) atoms. The molecule has 0 aromatic carbocycles. The van der Waals surface area contributed by atoms with E-state index in [4.69, 9.17) is 4.74 Å². The van der Waals surface area contributed by atoms with Gasteiger partial charge in [0.15, 0.2) is 5.78 Å². The molecule has 0 amide bonds. The third-order valence-corrected chi connectivity index (χ3v) is 4.97. The highest BCUT2D eigenvalue weighted by Gasteiger charge is 2.23. The van der Waals surface area contributed by atoms with Crippen molar-refractivity contribution < 1.29 is 14.6 Å². The Balaban J connectivity index is 2.04. The quantitative estimate of drug-likeness (QED) is 0.782. The van der Waals surface area contributed by atoms with Crippen LogP contribution in [0.4, 0.5) is 0 Å². The zero-order valence-electron chi connectivity index (χ0n) is 14.8.